The second kappa shape index (κ2) is 4.61. The van der Waals surface area contributed by atoms with E-state index in [-0.39, 0.29) is 6.10 Å². The zero-order valence-electron chi connectivity index (χ0n) is 10.5. The number of rotatable bonds is 3. The van der Waals surface area contributed by atoms with Crippen LogP contribution in [0.15, 0.2) is 52.5 Å². The second-order valence-electron chi connectivity index (χ2n) is 4.39. The maximum absolute atomic E-state index is 12.4. The fourth-order valence-electron chi connectivity index (χ4n) is 1.95. The van der Waals surface area contributed by atoms with Crippen LogP contribution in [-0.4, -0.2) is 14.5 Å². The first-order valence-electron chi connectivity index (χ1n) is 5.76. The lowest BCUT2D eigenvalue weighted by Crippen LogP contribution is -2.06. The molecule has 1 unspecified atom stereocenters. The summed E-state index contributed by atoms with van der Waals surface area (Å²) in [7, 11) is -3.44. The average molecular weight is 264 g/mol. The van der Waals surface area contributed by atoms with Crippen molar-refractivity contribution in [3.8, 4) is 0 Å². The highest BCUT2D eigenvalue weighted by Crippen LogP contribution is 2.33. The summed E-state index contributed by atoms with van der Waals surface area (Å²) in [5.41, 5.74) is 1.03. The molecule has 0 saturated heterocycles. The lowest BCUT2D eigenvalue weighted by atomic mass is 10.2. The molecule has 3 nitrogen and oxygen atoms in total. The van der Waals surface area contributed by atoms with Gasteiger partial charge >= 0.3 is 0 Å². The summed E-state index contributed by atoms with van der Waals surface area (Å²) in [6.45, 7) is 7.24. The van der Waals surface area contributed by atoms with Crippen molar-refractivity contribution >= 4 is 9.84 Å². The van der Waals surface area contributed by atoms with E-state index >= 15 is 0 Å². The van der Waals surface area contributed by atoms with Gasteiger partial charge in [0.2, 0.25) is 9.84 Å². The van der Waals surface area contributed by atoms with Crippen LogP contribution >= 0.6 is 0 Å². The van der Waals surface area contributed by atoms with E-state index in [1.54, 1.807) is 37.3 Å². The van der Waals surface area contributed by atoms with E-state index < -0.39 is 9.84 Å². The Hall–Kier alpha value is -1.55. The lowest BCUT2D eigenvalue weighted by Gasteiger charge is -2.05. The molecule has 0 aliphatic carbocycles. The number of hydrogen-bond donors (Lipinski definition) is 0. The van der Waals surface area contributed by atoms with Gasteiger partial charge in [0.1, 0.15) is 11.9 Å². The Kier molecular flexibility index (Phi) is 3.30. The zero-order chi connectivity index (χ0) is 13.3. The minimum atomic E-state index is -3.44. The molecule has 1 aromatic rings. The number of aryl methyl sites for hydroxylation is 1. The third-order valence-electron chi connectivity index (χ3n) is 3.03. The first-order chi connectivity index (χ1) is 8.45. The minimum Gasteiger partial charge on any atom is -0.490 e. The van der Waals surface area contributed by atoms with Gasteiger partial charge in [-0.2, -0.15) is 0 Å². The SMILES string of the molecule is C=CC1CC(S(=O)(=O)c2ccc(C)cc2)=C(C)O1. The molecule has 1 aliphatic rings. The van der Waals surface area contributed by atoms with E-state index in [4.69, 9.17) is 4.74 Å². The van der Waals surface area contributed by atoms with Crippen LogP contribution in [0.4, 0.5) is 0 Å². The Balaban J connectivity index is 2.41. The van der Waals surface area contributed by atoms with Gasteiger partial charge in [0.15, 0.2) is 0 Å². The largest absolute Gasteiger partial charge is 0.490 e. The molecule has 0 fully saturated rings. The molecular formula is C14H16O3S. The van der Waals surface area contributed by atoms with Crippen LogP contribution in [0.5, 0.6) is 0 Å². The van der Waals surface area contributed by atoms with Gasteiger partial charge in [-0.1, -0.05) is 30.4 Å². The maximum Gasteiger partial charge on any atom is 0.206 e. The van der Waals surface area contributed by atoms with Gasteiger partial charge in [0.25, 0.3) is 0 Å². The van der Waals surface area contributed by atoms with E-state index in [2.05, 4.69) is 6.58 Å². The Morgan fingerprint density at radius 2 is 1.89 bits per heavy atom. The summed E-state index contributed by atoms with van der Waals surface area (Å²) in [6.07, 6.45) is 1.76. The van der Waals surface area contributed by atoms with Crippen molar-refractivity contribution < 1.29 is 13.2 Å². The van der Waals surface area contributed by atoms with Crippen molar-refractivity contribution in [3.05, 3.63) is 53.1 Å². The Morgan fingerprint density at radius 3 is 2.39 bits per heavy atom. The fraction of sp³-hybridized carbons (Fsp3) is 0.286. The van der Waals surface area contributed by atoms with Gasteiger partial charge in [-0.25, -0.2) is 8.42 Å². The standard InChI is InChI=1S/C14H16O3S/c1-4-12-9-14(11(3)17-12)18(15,16)13-7-5-10(2)6-8-13/h4-8,12H,1,9H2,2-3H3. The summed E-state index contributed by atoms with van der Waals surface area (Å²) in [5, 5.41) is 0. The van der Waals surface area contributed by atoms with E-state index in [9.17, 15) is 8.42 Å². The van der Waals surface area contributed by atoms with Gasteiger partial charge in [-0.05, 0) is 26.0 Å². The van der Waals surface area contributed by atoms with E-state index in [0.717, 1.165) is 5.56 Å². The Labute approximate surface area is 108 Å². The highest BCUT2D eigenvalue weighted by Gasteiger charge is 2.31. The summed E-state index contributed by atoms with van der Waals surface area (Å²) in [4.78, 5) is 0.673. The number of allylic oxidation sites excluding steroid dienone is 1. The first kappa shape index (κ1) is 12.9. The quantitative estimate of drug-likeness (QED) is 0.788. The summed E-state index contributed by atoms with van der Waals surface area (Å²) >= 11 is 0. The molecule has 2 rings (SSSR count). The first-order valence-corrected chi connectivity index (χ1v) is 7.24. The topological polar surface area (TPSA) is 43.4 Å². The van der Waals surface area contributed by atoms with Gasteiger partial charge < -0.3 is 4.74 Å². The molecule has 0 bridgehead atoms. The zero-order valence-corrected chi connectivity index (χ0v) is 11.3. The summed E-state index contributed by atoms with van der Waals surface area (Å²) in [6, 6.07) is 6.85. The van der Waals surface area contributed by atoms with E-state index in [1.165, 1.54) is 0 Å². The van der Waals surface area contributed by atoms with Crippen LogP contribution in [0.2, 0.25) is 0 Å². The molecule has 1 atom stereocenters. The van der Waals surface area contributed by atoms with Crippen LogP contribution in [0, 0.1) is 6.92 Å². The highest BCUT2D eigenvalue weighted by atomic mass is 32.2. The van der Waals surface area contributed by atoms with E-state index in [1.807, 2.05) is 6.92 Å². The van der Waals surface area contributed by atoms with Crippen molar-refractivity contribution in [3.63, 3.8) is 0 Å². The third kappa shape index (κ3) is 2.20. The molecule has 0 radical (unpaired) electrons. The predicted molar refractivity (Wildman–Crippen MR) is 70.8 cm³/mol. The molecule has 1 aliphatic heterocycles. The van der Waals surface area contributed by atoms with E-state index in [0.29, 0.717) is 22.0 Å². The van der Waals surface area contributed by atoms with Crippen LogP contribution < -0.4 is 0 Å². The lowest BCUT2D eigenvalue weighted by molar-refractivity contribution is 0.185. The Morgan fingerprint density at radius 1 is 1.28 bits per heavy atom. The second-order valence-corrected chi connectivity index (χ2v) is 6.36. The Bertz CT molecular complexity index is 594. The van der Waals surface area contributed by atoms with Gasteiger partial charge in [-0.15, -0.1) is 0 Å². The van der Waals surface area contributed by atoms with Gasteiger partial charge in [-0.3, -0.25) is 0 Å². The normalized spacial score (nSPS) is 19.8. The fourth-order valence-corrected chi connectivity index (χ4v) is 3.54. The maximum atomic E-state index is 12.4. The molecule has 0 amide bonds. The summed E-state index contributed by atoms with van der Waals surface area (Å²) in [5.74, 6) is 0.473. The van der Waals surface area contributed by atoms with Crippen LogP contribution in [-0.2, 0) is 14.6 Å². The molecular weight excluding hydrogens is 248 g/mol. The number of sulfone groups is 1. The molecule has 1 heterocycles. The number of hydrogen-bond acceptors (Lipinski definition) is 3. The number of benzene rings is 1. The minimum absolute atomic E-state index is 0.236. The van der Waals surface area contributed by atoms with Crippen molar-refractivity contribution in [2.75, 3.05) is 0 Å². The van der Waals surface area contributed by atoms with Crippen molar-refractivity contribution in [2.45, 2.75) is 31.3 Å². The molecule has 1 aromatic carbocycles. The predicted octanol–water partition coefficient (Wildman–Crippen LogP) is 2.98. The molecule has 0 saturated carbocycles. The molecule has 96 valence electrons. The molecule has 0 aromatic heterocycles. The molecule has 4 heteroatoms. The van der Waals surface area contributed by atoms with Crippen LogP contribution in [0.1, 0.15) is 18.9 Å². The van der Waals surface area contributed by atoms with Crippen LogP contribution in [0.3, 0.4) is 0 Å². The van der Waals surface area contributed by atoms with Gasteiger partial charge in [0, 0.05) is 6.42 Å². The van der Waals surface area contributed by atoms with Crippen molar-refractivity contribution in [1.82, 2.24) is 0 Å². The van der Waals surface area contributed by atoms with Crippen molar-refractivity contribution in [1.29, 1.82) is 0 Å². The smallest absolute Gasteiger partial charge is 0.206 e. The van der Waals surface area contributed by atoms with Crippen LogP contribution in [0.25, 0.3) is 0 Å². The third-order valence-corrected chi connectivity index (χ3v) is 5.02. The average Bonchev–Trinajstić information content (AvgIpc) is 2.72. The number of ether oxygens (including phenoxy) is 1. The molecule has 0 spiro atoms. The molecule has 0 N–H and O–H groups in total. The molecule has 18 heavy (non-hydrogen) atoms. The van der Waals surface area contributed by atoms with Crippen molar-refractivity contribution in [2.24, 2.45) is 0 Å². The monoisotopic (exact) mass is 264 g/mol. The summed E-state index contributed by atoms with van der Waals surface area (Å²) < 4.78 is 30.3. The highest BCUT2D eigenvalue weighted by molar-refractivity contribution is 7.95. The van der Waals surface area contributed by atoms with Gasteiger partial charge in [0.05, 0.1) is 9.80 Å².